The van der Waals surface area contributed by atoms with Crippen LogP contribution < -0.4 is 0 Å². The number of halogens is 2. The molecule has 0 bridgehead atoms. The highest BCUT2D eigenvalue weighted by Gasteiger charge is 2.26. The van der Waals surface area contributed by atoms with Gasteiger partial charge in [0.25, 0.3) is 0 Å². The first-order valence-corrected chi connectivity index (χ1v) is 15.6. The van der Waals surface area contributed by atoms with Gasteiger partial charge in [-0.2, -0.15) is 0 Å². The molecular formula is C38H27Br2N. The molecule has 1 nitrogen and oxygen atoms in total. The zero-order chi connectivity index (χ0) is 28.0. The molecule has 0 amide bonds. The van der Waals surface area contributed by atoms with Gasteiger partial charge in [0.2, 0.25) is 0 Å². The lowest BCUT2D eigenvalue weighted by Crippen LogP contribution is -2.12. The second kappa shape index (κ2) is 8.92. The van der Waals surface area contributed by atoms with Gasteiger partial charge in [0.15, 0.2) is 0 Å². The minimum atomic E-state index is 0.0240. The predicted octanol–water partition coefficient (Wildman–Crippen LogP) is 12.2. The Hall–Kier alpha value is -3.66. The third kappa shape index (κ3) is 3.52. The summed E-state index contributed by atoms with van der Waals surface area (Å²) in [6.45, 7) is 6.79. The van der Waals surface area contributed by atoms with Gasteiger partial charge in [-0.15, -0.1) is 0 Å². The van der Waals surface area contributed by atoms with Crippen LogP contribution in [0.15, 0.2) is 118 Å². The zero-order valence-corrected chi connectivity index (χ0v) is 26.3. The molecule has 1 aromatic heterocycles. The quantitative estimate of drug-likeness (QED) is 0.155. The second-order valence-electron chi connectivity index (χ2n) is 12.0. The summed E-state index contributed by atoms with van der Waals surface area (Å²) in [5.74, 6) is 0. The first-order chi connectivity index (χ1) is 19.8. The van der Waals surface area contributed by atoms with E-state index in [1.165, 1.54) is 70.5 Å². The molecule has 0 spiro atoms. The van der Waals surface area contributed by atoms with E-state index in [4.69, 9.17) is 0 Å². The molecule has 8 rings (SSSR count). The third-order valence-electron chi connectivity index (χ3n) is 8.61. The molecule has 41 heavy (non-hydrogen) atoms. The van der Waals surface area contributed by atoms with E-state index in [0.29, 0.717) is 0 Å². The van der Waals surface area contributed by atoms with Crippen molar-refractivity contribution in [1.29, 1.82) is 0 Å². The van der Waals surface area contributed by atoms with E-state index in [9.17, 15) is 0 Å². The van der Waals surface area contributed by atoms with Gasteiger partial charge in [0, 0.05) is 30.5 Å². The van der Waals surface area contributed by atoms with E-state index in [-0.39, 0.29) is 5.41 Å². The predicted molar refractivity (Wildman–Crippen MR) is 185 cm³/mol. The SMILES string of the molecule is CC(C)(C)c1cc(Br)c(-n2c3c4ccccc4c4ccccc4c3c3c4ccccc4c4ccccc4c32)c(Br)c1. The number of fused-ring (bicyclic) bond motifs is 13. The standard InChI is InChI=1S/C38H27Br2N/c1-38(2,3)22-20-31(39)37(32(40)21-22)41-35-29-18-10-6-14-25(29)23-12-4-8-16-27(23)33(35)34-28-17-9-5-13-24(28)26-15-7-11-19-30(26)36(34)41/h4-21H,1-3H3. The molecule has 7 aromatic carbocycles. The van der Waals surface area contributed by atoms with Gasteiger partial charge in [-0.3, -0.25) is 0 Å². The van der Waals surface area contributed by atoms with E-state index in [1.807, 2.05) is 0 Å². The van der Waals surface area contributed by atoms with E-state index < -0.39 is 0 Å². The Morgan fingerprint density at radius 1 is 0.463 bits per heavy atom. The van der Waals surface area contributed by atoms with Gasteiger partial charge < -0.3 is 4.57 Å². The topological polar surface area (TPSA) is 4.93 Å². The number of benzene rings is 7. The fraction of sp³-hybridized carbons (Fsp3) is 0.105. The Kier molecular flexibility index (Phi) is 5.46. The Bertz CT molecular complexity index is 2210. The highest BCUT2D eigenvalue weighted by atomic mass is 79.9. The largest absolute Gasteiger partial charge is 0.306 e. The normalized spacial score (nSPS) is 12.5. The Morgan fingerprint density at radius 2 is 0.780 bits per heavy atom. The van der Waals surface area contributed by atoms with E-state index in [1.54, 1.807) is 0 Å². The molecular weight excluding hydrogens is 630 g/mol. The highest BCUT2D eigenvalue weighted by Crippen LogP contribution is 2.49. The summed E-state index contributed by atoms with van der Waals surface area (Å²) in [6.07, 6.45) is 0. The molecule has 0 radical (unpaired) electrons. The van der Waals surface area contributed by atoms with Gasteiger partial charge in [0.05, 0.1) is 16.7 Å². The molecule has 3 heteroatoms. The molecule has 0 saturated carbocycles. The first-order valence-electron chi connectivity index (χ1n) is 14.0. The summed E-state index contributed by atoms with van der Waals surface area (Å²) >= 11 is 8.12. The molecule has 198 valence electrons. The Morgan fingerprint density at radius 3 is 1.15 bits per heavy atom. The van der Waals surface area contributed by atoms with Crippen molar-refractivity contribution in [1.82, 2.24) is 4.57 Å². The number of rotatable bonds is 1. The third-order valence-corrected chi connectivity index (χ3v) is 9.82. The summed E-state index contributed by atoms with van der Waals surface area (Å²) in [5.41, 5.74) is 4.91. The fourth-order valence-electron chi connectivity index (χ4n) is 6.76. The molecule has 1 heterocycles. The van der Waals surface area contributed by atoms with Crippen molar-refractivity contribution in [2.45, 2.75) is 26.2 Å². The Balaban J connectivity index is 1.77. The van der Waals surface area contributed by atoms with Crippen molar-refractivity contribution in [3.63, 3.8) is 0 Å². The number of hydrogen-bond acceptors (Lipinski definition) is 0. The number of nitrogens with zero attached hydrogens (tertiary/aromatic N) is 1. The van der Waals surface area contributed by atoms with Crippen molar-refractivity contribution < 1.29 is 0 Å². The molecule has 0 unspecified atom stereocenters. The van der Waals surface area contributed by atoms with E-state index >= 15 is 0 Å². The van der Waals surface area contributed by atoms with Crippen LogP contribution in [0.3, 0.4) is 0 Å². The van der Waals surface area contributed by atoms with Crippen LogP contribution in [0.1, 0.15) is 26.3 Å². The van der Waals surface area contributed by atoms with Crippen molar-refractivity contribution in [3.8, 4) is 5.69 Å². The van der Waals surface area contributed by atoms with Crippen LogP contribution in [-0.4, -0.2) is 4.57 Å². The Labute approximate surface area is 255 Å². The van der Waals surface area contributed by atoms with Crippen LogP contribution >= 0.6 is 31.9 Å². The van der Waals surface area contributed by atoms with Gasteiger partial charge in [-0.05, 0) is 87.3 Å². The van der Waals surface area contributed by atoms with Crippen molar-refractivity contribution in [2.75, 3.05) is 0 Å². The van der Waals surface area contributed by atoms with E-state index in [2.05, 4.69) is 166 Å². The van der Waals surface area contributed by atoms with Gasteiger partial charge in [-0.25, -0.2) is 0 Å². The van der Waals surface area contributed by atoms with Crippen LogP contribution in [0.4, 0.5) is 0 Å². The van der Waals surface area contributed by atoms with Crippen LogP contribution in [0.25, 0.3) is 70.6 Å². The van der Waals surface area contributed by atoms with Crippen LogP contribution in [0, 0.1) is 0 Å². The summed E-state index contributed by atoms with van der Waals surface area (Å²) in [7, 11) is 0. The first kappa shape index (κ1) is 25.1. The molecule has 0 aliphatic rings. The summed E-state index contributed by atoms with van der Waals surface area (Å²) in [5, 5.41) is 12.8. The van der Waals surface area contributed by atoms with Crippen molar-refractivity contribution in [2.24, 2.45) is 0 Å². The number of aromatic nitrogens is 1. The summed E-state index contributed by atoms with van der Waals surface area (Å²) in [6, 6.07) is 40.1. The maximum absolute atomic E-state index is 4.06. The average molecular weight is 657 g/mol. The van der Waals surface area contributed by atoms with Gasteiger partial charge >= 0.3 is 0 Å². The summed E-state index contributed by atoms with van der Waals surface area (Å²) < 4.78 is 4.67. The highest BCUT2D eigenvalue weighted by molar-refractivity contribution is 9.11. The smallest absolute Gasteiger partial charge is 0.0747 e. The maximum Gasteiger partial charge on any atom is 0.0747 e. The minimum Gasteiger partial charge on any atom is -0.306 e. The molecule has 0 N–H and O–H groups in total. The van der Waals surface area contributed by atoms with Crippen molar-refractivity contribution >= 4 is 96.8 Å². The minimum absolute atomic E-state index is 0.0240. The van der Waals surface area contributed by atoms with E-state index in [0.717, 1.165) is 14.6 Å². The average Bonchev–Trinajstić information content (AvgIpc) is 3.33. The lowest BCUT2D eigenvalue weighted by atomic mass is 9.87. The molecule has 0 saturated heterocycles. The zero-order valence-electron chi connectivity index (χ0n) is 23.1. The van der Waals surface area contributed by atoms with Gasteiger partial charge in [-0.1, -0.05) is 118 Å². The molecule has 0 atom stereocenters. The van der Waals surface area contributed by atoms with Crippen LogP contribution in [0.5, 0.6) is 0 Å². The van der Waals surface area contributed by atoms with Crippen LogP contribution in [0.2, 0.25) is 0 Å². The molecule has 8 aromatic rings. The fourth-order valence-corrected chi connectivity index (χ4v) is 8.30. The lowest BCUT2D eigenvalue weighted by molar-refractivity contribution is 0.589. The maximum atomic E-state index is 4.06. The number of hydrogen-bond donors (Lipinski definition) is 0. The molecule has 0 fully saturated rings. The van der Waals surface area contributed by atoms with Gasteiger partial charge in [0.1, 0.15) is 0 Å². The molecule has 0 aliphatic heterocycles. The second-order valence-corrected chi connectivity index (χ2v) is 13.7. The summed E-state index contributed by atoms with van der Waals surface area (Å²) in [4.78, 5) is 0. The lowest BCUT2D eigenvalue weighted by Gasteiger charge is -2.23. The van der Waals surface area contributed by atoms with Crippen molar-refractivity contribution in [3.05, 3.63) is 124 Å². The monoisotopic (exact) mass is 655 g/mol. The molecule has 0 aliphatic carbocycles. The van der Waals surface area contributed by atoms with Crippen LogP contribution in [-0.2, 0) is 5.41 Å².